The fraction of sp³-hybridized carbons (Fsp3) is 0.600. The summed E-state index contributed by atoms with van der Waals surface area (Å²) in [7, 11) is 0. The van der Waals surface area contributed by atoms with E-state index in [4.69, 9.17) is 11.5 Å². The van der Waals surface area contributed by atoms with Crippen molar-refractivity contribution in [3.8, 4) is 0 Å². The molecule has 5 N–H and O–H groups in total. The lowest BCUT2D eigenvalue weighted by Gasteiger charge is -2.12. The minimum Gasteiger partial charge on any atom is -0.392 e. The number of carbonyl (C=O) groups is 4. The highest BCUT2D eigenvalue weighted by Crippen LogP contribution is 2.01. The first-order valence-corrected chi connectivity index (χ1v) is 6.90. The maximum absolute atomic E-state index is 11.3. The summed E-state index contributed by atoms with van der Waals surface area (Å²) in [5.74, 6) is -4.86. The quantitative estimate of drug-likeness (QED) is 0.190. The van der Waals surface area contributed by atoms with Crippen LogP contribution in [0.4, 0.5) is 0 Å². The molecule has 0 heterocycles. The second kappa shape index (κ2) is 9.73. The number of nitrogens with two attached hydrogens (primary N) is 2. The van der Waals surface area contributed by atoms with E-state index in [2.05, 4.69) is 34.7 Å². The molecule has 0 saturated carbocycles. The van der Waals surface area contributed by atoms with E-state index in [9.17, 15) is 24.3 Å². The molecule has 0 aromatic heterocycles. The number of carbonyl (C=O) groups excluding carboxylic acids is 4. The molecule has 1 unspecified atom stereocenters. The molecule has 0 radical (unpaired) electrons. The predicted molar refractivity (Wildman–Crippen MR) is 76.5 cm³/mol. The van der Waals surface area contributed by atoms with Crippen molar-refractivity contribution in [3.05, 3.63) is 0 Å². The van der Waals surface area contributed by atoms with Crippen LogP contribution in [0.1, 0.15) is 6.42 Å². The van der Waals surface area contributed by atoms with E-state index >= 15 is 0 Å². The molecule has 0 aliphatic carbocycles. The molecule has 0 bridgehead atoms. The van der Waals surface area contributed by atoms with Gasteiger partial charge in [-0.3, -0.25) is 4.79 Å². The van der Waals surface area contributed by atoms with Crippen LogP contribution in [0.15, 0.2) is 0 Å². The van der Waals surface area contributed by atoms with Crippen LogP contribution in [0.2, 0.25) is 0 Å². The number of rotatable bonds is 7. The van der Waals surface area contributed by atoms with Gasteiger partial charge in [0.25, 0.3) is 0 Å². The summed E-state index contributed by atoms with van der Waals surface area (Å²) in [4.78, 5) is 44.8. The van der Waals surface area contributed by atoms with Crippen LogP contribution >= 0.6 is 25.3 Å². The molecule has 3 atom stereocenters. The first-order valence-electron chi connectivity index (χ1n) is 5.63. The van der Waals surface area contributed by atoms with Crippen LogP contribution in [-0.4, -0.2) is 58.7 Å². The Morgan fingerprint density at radius 1 is 0.905 bits per heavy atom. The second-order valence-corrected chi connectivity index (χ2v) is 4.56. The van der Waals surface area contributed by atoms with E-state index in [1.54, 1.807) is 0 Å². The van der Waals surface area contributed by atoms with Crippen LogP contribution in [0.25, 0.3) is 0 Å². The molecule has 9 nitrogen and oxygen atoms in total. The molecule has 21 heavy (non-hydrogen) atoms. The third-order valence-corrected chi connectivity index (χ3v) is 2.83. The summed E-state index contributed by atoms with van der Waals surface area (Å²) >= 11 is 7.45. The summed E-state index contributed by atoms with van der Waals surface area (Å²) in [6, 6.07) is -2.26. The van der Waals surface area contributed by atoms with Gasteiger partial charge in [-0.1, -0.05) is 0 Å². The minimum absolute atomic E-state index is 0.0488. The average molecular weight is 340 g/mol. The standard InChI is InChI=1S/C10H16N2O7S2/c11-4(2-20)8(15)18-7(14)1-6(13)10(17)19-9(16)5(12)3-21/h4-6,13,20-21H,1-3,11-12H2/t4-,5-,6?/m1/s1. The van der Waals surface area contributed by atoms with Crippen LogP contribution < -0.4 is 11.5 Å². The lowest BCUT2D eigenvalue weighted by atomic mass is 10.2. The van der Waals surface area contributed by atoms with Crippen LogP contribution in [0, 0.1) is 0 Å². The largest absolute Gasteiger partial charge is 0.392 e. The van der Waals surface area contributed by atoms with Crippen LogP contribution in [0.5, 0.6) is 0 Å². The maximum atomic E-state index is 11.3. The van der Waals surface area contributed by atoms with E-state index in [0.29, 0.717) is 0 Å². The summed E-state index contributed by atoms with van der Waals surface area (Å²) in [5.41, 5.74) is 10.5. The van der Waals surface area contributed by atoms with Gasteiger partial charge >= 0.3 is 23.9 Å². The summed E-state index contributed by atoms with van der Waals surface area (Å²) in [6.45, 7) is 0. The Kier molecular flexibility index (Phi) is 9.21. The monoisotopic (exact) mass is 340 g/mol. The molecule has 0 aromatic rings. The summed E-state index contributed by atoms with van der Waals surface area (Å²) < 4.78 is 8.46. The zero-order chi connectivity index (χ0) is 16.6. The van der Waals surface area contributed by atoms with Crippen molar-refractivity contribution in [3.63, 3.8) is 0 Å². The predicted octanol–water partition coefficient (Wildman–Crippen LogP) is -2.61. The summed E-state index contributed by atoms with van der Waals surface area (Å²) in [5, 5.41) is 9.36. The minimum atomic E-state index is -1.98. The molecule has 0 aliphatic heterocycles. The number of hydrogen-bond donors (Lipinski definition) is 5. The number of ether oxygens (including phenoxy) is 2. The molecule has 0 rings (SSSR count). The molecule has 0 fully saturated rings. The molecule has 0 saturated heterocycles. The smallest absolute Gasteiger partial charge is 0.343 e. The number of thiol groups is 2. The van der Waals surface area contributed by atoms with Crippen molar-refractivity contribution in [2.45, 2.75) is 24.6 Å². The summed E-state index contributed by atoms with van der Waals surface area (Å²) in [6.07, 6.45) is -2.86. The van der Waals surface area contributed by atoms with E-state index < -0.39 is 48.5 Å². The fourth-order valence-corrected chi connectivity index (χ4v) is 1.16. The van der Waals surface area contributed by atoms with Gasteiger partial charge in [-0.05, 0) is 0 Å². The van der Waals surface area contributed by atoms with Crippen molar-refractivity contribution >= 4 is 49.1 Å². The normalized spacial score (nSPS) is 14.7. The van der Waals surface area contributed by atoms with Gasteiger partial charge in [0.15, 0.2) is 6.10 Å². The Morgan fingerprint density at radius 2 is 1.33 bits per heavy atom. The van der Waals surface area contributed by atoms with Gasteiger partial charge in [0, 0.05) is 11.5 Å². The van der Waals surface area contributed by atoms with Crippen molar-refractivity contribution in [1.29, 1.82) is 0 Å². The fourth-order valence-electron chi connectivity index (χ4n) is 0.863. The third kappa shape index (κ3) is 7.43. The van der Waals surface area contributed by atoms with Gasteiger partial charge in [0.1, 0.15) is 12.1 Å². The highest BCUT2D eigenvalue weighted by molar-refractivity contribution is 7.80. The van der Waals surface area contributed by atoms with Gasteiger partial charge in [0.2, 0.25) is 0 Å². The Morgan fingerprint density at radius 3 is 1.76 bits per heavy atom. The zero-order valence-corrected chi connectivity index (χ0v) is 12.6. The molecule has 11 heteroatoms. The van der Waals surface area contributed by atoms with Crippen molar-refractivity contribution < 1.29 is 33.8 Å². The molecular formula is C10H16N2O7S2. The highest BCUT2D eigenvalue weighted by Gasteiger charge is 2.27. The average Bonchev–Trinajstić information content (AvgIpc) is 2.44. The second-order valence-electron chi connectivity index (χ2n) is 3.83. The Bertz CT molecular complexity index is 418. The molecular weight excluding hydrogens is 324 g/mol. The van der Waals surface area contributed by atoms with Gasteiger partial charge in [0.05, 0.1) is 6.42 Å². The van der Waals surface area contributed by atoms with E-state index in [1.165, 1.54) is 0 Å². The zero-order valence-electron chi connectivity index (χ0n) is 10.8. The number of aliphatic hydroxyl groups excluding tert-OH is 1. The maximum Gasteiger partial charge on any atom is 0.343 e. The lowest BCUT2D eigenvalue weighted by Crippen LogP contribution is -2.39. The Hall–Kier alpha value is -1.14. The molecule has 0 spiro atoms. The first kappa shape index (κ1) is 19.9. The number of hydrogen-bond acceptors (Lipinski definition) is 11. The van der Waals surface area contributed by atoms with Crippen molar-refractivity contribution in [2.75, 3.05) is 11.5 Å². The van der Waals surface area contributed by atoms with E-state index in [0.717, 1.165) is 0 Å². The molecule has 0 aliphatic rings. The Labute approximate surface area is 131 Å². The Balaban J connectivity index is 4.32. The van der Waals surface area contributed by atoms with Gasteiger partial charge in [-0.2, -0.15) is 25.3 Å². The SMILES string of the molecule is N[C@H](CS)C(=O)OC(=O)CC(O)C(=O)OC(=O)[C@H](N)CS. The van der Waals surface area contributed by atoms with Gasteiger partial charge < -0.3 is 26.0 Å². The lowest BCUT2D eigenvalue weighted by molar-refractivity contribution is -0.171. The molecule has 120 valence electrons. The topological polar surface area (TPSA) is 159 Å². The highest BCUT2D eigenvalue weighted by atomic mass is 32.1. The third-order valence-electron chi connectivity index (χ3n) is 2.05. The van der Waals surface area contributed by atoms with Gasteiger partial charge in [-0.25, -0.2) is 14.4 Å². The number of esters is 4. The molecule has 0 amide bonds. The van der Waals surface area contributed by atoms with Crippen LogP contribution in [-0.2, 0) is 28.7 Å². The first-order chi connectivity index (χ1) is 9.72. The van der Waals surface area contributed by atoms with Gasteiger partial charge in [-0.15, -0.1) is 0 Å². The molecule has 0 aromatic carbocycles. The van der Waals surface area contributed by atoms with E-state index in [1.807, 2.05) is 0 Å². The number of aliphatic hydroxyl groups is 1. The van der Waals surface area contributed by atoms with E-state index in [-0.39, 0.29) is 11.5 Å². The van der Waals surface area contributed by atoms with Crippen molar-refractivity contribution in [1.82, 2.24) is 0 Å². The van der Waals surface area contributed by atoms with Crippen LogP contribution in [0.3, 0.4) is 0 Å². The van der Waals surface area contributed by atoms with Crippen molar-refractivity contribution in [2.24, 2.45) is 11.5 Å².